The molecule has 0 amide bonds. The van der Waals surface area contributed by atoms with Crippen LogP contribution in [-0.4, -0.2) is 61.7 Å². The van der Waals surface area contributed by atoms with Gasteiger partial charge in [-0.3, -0.25) is 0 Å². The van der Waals surface area contributed by atoms with Crippen molar-refractivity contribution in [2.75, 3.05) is 39.8 Å². The Labute approximate surface area is 113 Å². The molecule has 106 valence electrons. The van der Waals surface area contributed by atoms with Crippen LogP contribution in [0.15, 0.2) is 0 Å². The van der Waals surface area contributed by atoms with E-state index in [0.29, 0.717) is 6.04 Å². The fourth-order valence-corrected chi connectivity index (χ4v) is 3.36. The fraction of sp³-hybridized carbons (Fsp3) is 1.00. The lowest BCUT2D eigenvalue weighted by molar-refractivity contribution is 0.194. The first-order valence-corrected chi connectivity index (χ1v) is 7.80. The molecule has 0 radical (unpaired) electrons. The third-order valence-electron chi connectivity index (χ3n) is 4.53. The van der Waals surface area contributed by atoms with Gasteiger partial charge in [0.2, 0.25) is 0 Å². The maximum Gasteiger partial charge on any atom is 0.0209 e. The van der Waals surface area contributed by atoms with Gasteiger partial charge in [0.25, 0.3) is 0 Å². The summed E-state index contributed by atoms with van der Waals surface area (Å²) in [5.41, 5.74) is 0. The zero-order valence-electron chi connectivity index (χ0n) is 12.5. The first-order valence-electron chi connectivity index (χ1n) is 7.80. The molecule has 0 saturated carbocycles. The Balaban J connectivity index is 1.60. The summed E-state index contributed by atoms with van der Waals surface area (Å²) in [5.74, 6) is 0.985. The number of nitrogens with zero attached hydrogens (tertiary/aromatic N) is 2. The molecule has 0 aromatic heterocycles. The molecule has 3 heteroatoms. The maximum atomic E-state index is 3.67. The lowest BCUT2D eigenvalue weighted by Crippen LogP contribution is -2.37. The zero-order valence-corrected chi connectivity index (χ0v) is 12.5. The molecule has 0 aromatic carbocycles. The highest BCUT2D eigenvalue weighted by atomic mass is 15.2. The smallest absolute Gasteiger partial charge is 0.0209 e. The largest absolute Gasteiger partial charge is 0.310 e. The van der Waals surface area contributed by atoms with Crippen LogP contribution < -0.4 is 5.32 Å². The highest BCUT2D eigenvalue weighted by molar-refractivity contribution is 4.82. The molecule has 18 heavy (non-hydrogen) atoms. The minimum Gasteiger partial charge on any atom is -0.310 e. The predicted molar refractivity (Wildman–Crippen MR) is 78.0 cm³/mol. The Morgan fingerprint density at radius 3 is 2.50 bits per heavy atom. The summed E-state index contributed by atoms with van der Waals surface area (Å²) in [7, 11) is 2.25. The third kappa shape index (κ3) is 4.52. The second-order valence-electron chi connectivity index (χ2n) is 6.64. The summed E-state index contributed by atoms with van der Waals surface area (Å²) in [5, 5.41) is 3.67. The number of hydrogen-bond donors (Lipinski definition) is 1. The second kappa shape index (κ2) is 6.88. The minimum atomic E-state index is 0.629. The van der Waals surface area contributed by atoms with Crippen LogP contribution >= 0.6 is 0 Å². The van der Waals surface area contributed by atoms with Crippen molar-refractivity contribution in [1.82, 2.24) is 15.1 Å². The van der Waals surface area contributed by atoms with Gasteiger partial charge in [-0.15, -0.1) is 0 Å². The van der Waals surface area contributed by atoms with Crippen molar-refractivity contribution in [2.45, 2.75) is 51.6 Å². The van der Waals surface area contributed by atoms with Gasteiger partial charge in [-0.2, -0.15) is 0 Å². The average molecular weight is 253 g/mol. The Morgan fingerprint density at radius 1 is 1.11 bits per heavy atom. The number of likely N-dealkylation sites (tertiary alicyclic amines) is 2. The molecule has 1 atom stereocenters. The molecule has 2 heterocycles. The van der Waals surface area contributed by atoms with Gasteiger partial charge in [-0.05, 0) is 64.8 Å². The molecule has 3 nitrogen and oxygen atoms in total. The number of piperidine rings is 1. The van der Waals surface area contributed by atoms with E-state index in [2.05, 4.69) is 36.0 Å². The van der Waals surface area contributed by atoms with Gasteiger partial charge in [0.05, 0.1) is 0 Å². The maximum absolute atomic E-state index is 3.67. The summed E-state index contributed by atoms with van der Waals surface area (Å²) in [4.78, 5) is 5.13. The molecule has 2 rings (SSSR count). The summed E-state index contributed by atoms with van der Waals surface area (Å²) < 4.78 is 0. The first kappa shape index (κ1) is 14.3. The Morgan fingerprint density at radius 2 is 1.83 bits per heavy atom. The van der Waals surface area contributed by atoms with Crippen molar-refractivity contribution in [2.24, 2.45) is 5.92 Å². The van der Waals surface area contributed by atoms with Gasteiger partial charge < -0.3 is 15.1 Å². The van der Waals surface area contributed by atoms with Gasteiger partial charge >= 0.3 is 0 Å². The van der Waals surface area contributed by atoms with Crippen molar-refractivity contribution < 1.29 is 0 Å². The molecule has 0 bridgehead atoms. The van der Waals surface area contributed by atoms with E-state index in [1.54, 1.807) is 0 Å². The zero-order chi connectivity index (χ0) is 13.0. The molecule has 1 unspecified atom stereocenters. The molecule has 0 aromatic rings. The van der Waals surface area contributed by atoms with Crippen LogP contribution in [0.3, 0.4) is 0 Å². The molecular formula is C15H31N3. The highest BCUT2D eigenvalue weighted by Crippen LogP contribution is 2.21. The molecule has 2 fully saturated rings. The summed E-state index contributed by atoms with van der Waals surface area (Å²) in [6.07, 6.45) is 5.59. The Kier molecular flexibility index (Phi) is 5.46. The second-order valence-corrected chi connectivity index (χ2v) is 6.64. The van der Waals surface area contributed by atoms with Crippen LogP contribution in [0.1, 0.15) is 39.5 Å². The van der Waals surface area contributed by atoms with Crippen LogP contribution in [-0.2, 0) is 0 Å². The molecule has 2 aliphatic heterocycles. The van der Waals surface area contributed by atoms with Crippen molar-refractivity contribution in [1.29, 1.82) is 0 Å². The summed E-state index contributed by atoms with van der Waals surface area (Å²) >= 11 is 0. The third-order valence-corrected chi connectivity index (χ3v) is 4.53. The molecule has 2 saturated heterocycles. The summed E-state index contributed by atoms with van der Waals surface area (Å²) in [6.45, 7) is 11.0. The van der Waals surface area contributed by atoms with Crippen molar-refractivity contribution in [3.05, 3.63) is 0 Å². The van der Waals surface area contributed by atoms with Crippen LogP contribution in [0.25, 0.3) is 0 Å². The van der Waals surface area contributed by atoms with Crippen LogP contribution in [0.4, 0.5) is 0 Å². The Hall–Kier alpha value is -0.120. The molecule has 2 aliphatic rings. The normalized spacial score (nSPS) is 28.3. The summed E-state index contributed by atoms with van der Waals surface area (Å²) in [6, 6.07) is 1.37. The van der Waals surface area contributed by atoms with Gasteiger partial charge in [0, 0.05) is 18.6 Å². The highest BCUT2D eigenvalue weighted by Gasteiger charge is 2.24. The fourth-order valence-electron chi connectivity index (χ4n) is 3.36. The van der Waals surface area contributed by atoms with Gasteiger partial charge in [-0.25, -0.2) is 0 Å². The minimum absolute atomic E-state index is 0.629. The topological polar surface area (TPSA) is 18.5 Å². The van der Waals surface area contributed by atoms with E-state index in [-0.39, 0.29) is 0 Å². The van der Waals surface area contributed by atoms with E-state index < -0.39 is 0 Å². The number of hydrogen-bond acceptors (Lipinski definition) is 3. The van der Waals surface area contributed by atoms with Crippen LogP contribution in [0, 0.1) is 5.92 Å². The van der Waals surface area contributed by atoms with E-state index >= 15 is 0 Å². The van der Waals surface area contributed by atoms with Gasteiger partial charge in [-0.1, -0.05) is 13.8 Å². The van der Waals surface area contributed by atoms with Crippen molar-refractivity contribution in [3.63, 3.8) is 0 Å². The predicted octanol–water partition coefficient (Wildman–Crippen LogP) is 1.79. The molecule has 1 N–H and O–H groups in total. The standard InChI is InChI=1S/C15H31N3/c1-13(2)16-15-7-11-18(12-15)10-6-14-4-8-17(3)9-5-14/h13-16H,4-12H2,1-3H3. The molecule has 0 spiro atoms. The van der Waals surface area contributed by atoms with E-state index in [4.69, 9.17) is 0 Å². The molecular weight excluding hydrogens is 222 g/mol. The van der Waals surface area contributed by atoms with Gasteiger partial charge in [0.15, 0.2) is 0 Å². The lowest BCUT2D eigenvalue weighted by atomic mass is 9.94. The first-order chi connectivity index (χ1) is 8.63. The van der Waals surface area contributed by atoms with E-state index in [9.17, 15) is 0 Å². The molecule has 0 aliphatic carbocycles. The monoisotopic (exact) mass is 253 g/mol. The lowest BCUT2D eigenvalue weighted by Gasteiger charge is -2.30. The van der Waals surface area contributed by atoms with Crippen LogP contribution in [0.2, 0.25) is 0 Å². The SMILES string of the molecule is CC(C)NC1CCN(CCC2CCN(C)CC2)C1. The van der Waals surface area contributed by atoms with Crippen LogP contribution in [0.5, 0.6) is 0 Å². The quantitative estimate of drug-likeness (QED) is 0.806. The van der Waals surface area contributed by atoms with E-state index in [1.807, 2.05) is 0 Å². The number of rotatable bonds is 5. The number of nitrogens with one attached hydrogen (secondary N) is 1. The van der Waals surface area contributed by atoms with Gasteiger partial charge in [0.1, 0.15) is 0 Å². The van der Waals surface area contributed by atoms with E-state index in [0.717, 1.165) is 12.0 Å². The van der Waals surface area contributed by atoms with E-state index in [1.165, 1.54) is 58.4 Å². The Bertz CT molecular complexity index is 234. The van der Waals surface area contributed by atoms with Crippen molar-refractivity contribution >= 4 is 0 Å². The van der Waals surface area contributed by atoms with Crippen molar-refractivity contribution in [3.8, 4) is 0 Å². The average Bonchev–Trinajstić information content (AvgIpc) is 2.75.